The maximum atomic E-state index is 12.5. The molecule has 1 rings (SSSR count). The summed E-state index contributed by atoms with van der Waals surface area (Å²) in [7, 11) is 0. The molecule has 15 heteroatoms. The summed E-state index contributed by atoms with van der Waals surface area (Å²) in [5.74, 6) is -3.10. The lowest BCUT2D eigenvalue weighted by Gasteiger charge is -2.44. The quantitative estimate of drug-likeness (QED) is 0.0996. The van der Waals surface area contributed by atoms with Crippen molar-refractivity contribution in [3.8, 4) is 0 Å². The summed E-state index contributed by atoms with van der Waals surface area (Å²) in [6.45, 7) is 3.86. The molecule has 2 amide bonds. The van der Waals surface area contributed by atoms with Crippen LogP contribution < -0.4 is 5.32 Å². The molecule has 1 heterocycles. The second-order valence-corrected chi connectivity index (χ2v) is 7.55. The molecule has 0 aromatic rings. The van der Waals surface area contributed by atoms with Crippen LogP contribution >= 0.6 is 22.6 Å². The van der Waals surface area contributed by atoms with Gasteiger partial charge in [-0.2, -0.15) is 5.01 Å². The number of urea groups is 1. The highest BCUT2D eigenvalue weighted by Gasteiger charge is 2.52. The van der Waals surface area contributed by atoms with Gasteiger partial charge in [0.2, 0.25) is 6.29 Å². The first-order valence-corrected chi connectivity index (χ1v) is 10.8. The molecule has 1 aliphatic heterocycles. The Hall–Kier alpha value is -2.56. The minimum atomic E-state index is -1.55. The number of carbonyl (C=O) groups is 5. The lowest BCUT2D eigenvalue weighted by Crippen LogP contribution is -2.67. The van der Waals surface area contributed by atoms with E-state index < -0.39 is 67.2 Å². The van der Waals surface area contributed by atoms with E-state index in [0.29, 0.717) is 9.44 Å². The average Bonchev–Trinajstić information content (AvgIpc) is 2.67. The Labute approximate surface area is 196 Å². The summed E-state index contributed by atoms with van der Waals surface area (Å²) in [6.07, 6.45) is -5.58. The zero-order valence-electron chi connectivity index (χ0n) is 17.8. The van der Waals surface area contributed by atoms with Gasteiger partial charge in [0.05, 0.1) is 11.8 Å². The maximum Gasteiger partial charge on any atom is 0.341 e. The molecule has 1 aliphatic rings. The van der Waals surface area contributed by atoms with Crippen LogP contribution in [0.1, 0.15) is 27.7 Å². The number of nitrogens with zero attached hydrogens (tertiary/aromatic N) is 2. The van der Waals surface area contributed by atoms with Crippen LogP contribution in [0.25, 0.3) is 0 Å². The van der Waals surface area contributed by atoms with Crippen molar-refractivity contribution in [3.05, 3.63) is 4.91 Å². The van der Waals surface area contributed by atoms with Crippen LogP contribution in [0.5, 0.6) is 0 Å². The van der Waals surface area contributed by atoms with Gasteiger partial charge in [0.15, 0.2) is 12.2 Å². The lowest BCUT2D eigenvalue weighted by atomic mass is 9.96. The summed E-state index contributed by atoms with van der Waals surface area (Å²) in [4.78, 5) is 69.9. The van der Waals surface area contributed by atoms with Gasteiger partial charge in [0.1, 0.15) is 18.8 Å². The Morgan fingerprint density at radius 3 is 1.97 bits per heavy atom. The van der Waals surface area contributed by atoms with E-state index in [1.807, 2.05) is 22.6 Å². The third kappa shape index (κ3) is 8.52. The fraction of sp³-hybridized carbons (Fsp3) is 0.706. The van der Waals surface area contributed by atoms with Gasteiger partial charge in [-0.15, -0.1) is 4.91 Å². The van der Waals surface area contributed by atoms with Gasteiger partial charge < -0.3 is 29.0 Å². The number of hydrogen-bond donors (Lipinski definition) is 1. The Kier molecular flexibility index (Phi) is 11.2. The molecule has 0 aliphatic carbocycles. The number of rotatable bonds is 9. The Bertz CT molecular complexity index is 735. The lowest BCUT2D eigenvalue weighted by molar-refractivity contribution is -0.270. The van der Waals surface area contributed by atoms with Gasteiger partial charge in [-0.3, -0.25) is 19.2 Å². The molecule has 1 fully saturated rings. The van der Waals surface area contributed by atoms with Gasteiger partial charge in [-0.25, -0.2) is 4.79 Å². The highest BCUT2D eigenvalue weighted by atomic mass is 127. The number of esters is 4. The predicted molar refractivity (Wildman–Crippen MR) is 112 cm³/mol. The molecule has 5 atom stereocenters. The van der Waals surface area contributed by atoms with Crippen LogP contribution in [-0.2, 0) is 42.9 Å². The van der Waals surface area contributed by atoms with Crippen LogP contribution in [0.3, 0.4) is 0 Å². The van der Waals surface area contributed by atoms with Crippen molar-refractivity contribution >= 4 is 52.5 Å². The van der Waals surface area contributed by atoms with E-state index in [-0.39, 0.29) is 6.54 Å². The first-order valence-electron chi connectivity index (χ1n) is 9.27. The minimum Gasteiger partial charge on any atom is -0.463 e. The van der Waals surface area contributed by atoms with E-state index in [1.54, 1.807) is 0 Å². The number of nitroso groups, excluding NO2 is 1. The van der Waals surface area contributed by atoms with Gasteiger partial charge in [0.25, 0.3) is 0 Å². The Balaban J connectivity index is 3.38. The third-order valence-electron chi connectivity index (χ3n) is 3.90. The first kappa shape index (κ1) is 27.5. The van der Waals surface area contributed by atoms with Crippen molar-refractivity contribution in [2.45, 2.75) is 58.3 Å². The molecule has 0 radical (unpaired) electrons. The van der Waals surface area contributed by atoms with Crippen LogP contribution in [0, 0.1) is 4.91 Å². The fourth-order valence-electron chi connectivity index (χ4n) is 2.80. The van der Waals surface area contributed by atoms with Gasteiger partial charge in [-0.05, 0) is 0 Å². The first-order chi connectivity index (χ1) is 15.0. The number of ether oxygens (including phenoxy) is 5. The van der Waals surface area contributed by atoms with E-state index in [4.69, 9.17) is 23.7 Å². The van der Waals surface area contributed by atoms with Crippen molar-refractivity contribution in [3.63, 3.8) is 0 Å². The summed E-state index contributed by atoms with van der Waals surface area (Å²) in [5.41, 5.74) is 0. The SMILES string of the molecule is CC(=O)OCC1OC(OC(C)=O)C(NC(=O)N(CCI)N=O)C(OC(C)=O)C1OC(C)=O. The largest absolute Gasteiger partial charge is 0.463 e. The number of nitrogens with one attached hydrogen (secondary N) is 1. The third-order valence-corrected chi connectivity index (χ3v) is 4.39. The van der Waals surface area contributed by atoms with E-state index in [2.05, 4.69) is 10.6 Å². The molecule has 0 aromatic heterocycles. The molecule has 0 bridgehead atoms. The molecular weight excluding hydrogens is 549 g/mol. The molecule has 5 unspecified atom stereocenters. The van der Waals surface area contributed by atoms with E-state index >= 15 is 0 Å². The monoisotopic (exact) mass is 573 g/mol. The Morgan fingerprint density at radius 2 is 1.50 bits per heavy atom. The van der Waals surface area contributed by atoms with Gasteiger partial charge >= 0.3 is 29.9 Å². The molecule has 0 saturated carbocycles. The van der Waals surface area contributed by atoms with Crippen LogP contribution in [0.15, 0.2) is 5.29 Å². The molecule has 180 valence electrons. The van der Waals surface area contributed by atoms with Crippen LogP contribution in [0.4, 0.5) is 4.79 Å². The molecular formula is C17H24IN3O11. The van der Waals surface area contributed by atoms with Gasteiger partial charge in [-0.1, -0.05) is 22.6 Å². The summed E-state index contributed by atoms with van der Waals surface area (Å²) < 4.78 is 26.5. The van der Waals surface area contributed by atoms with Crippen LogP contribution in [-0.4, -0.2) is 83.1 Å². The number of halogens is 1. The zero-order valence-corrected chi connectivity index (χ0v) is 19.9. The molecule has 0 aromatic carbocycles. The highest BCUT2D eigenvalue weighted by molar-refractivity contribution is 14.1. The van der Waals surface area contributed by atoms with E-state index in [1.165, 1.54) is 0 Å². The smallest absolute Gasteiger partial charge is 0.341 e. The fourth-order valence-corrected chi connectivity index (χ4v) is 3.25. The van der Waals surface area contributed by atoms with Crippen molar-refractivity contribution in [2.24, 2.45) is 5.29 Å². The number of carbonyl (C=O) groups excluding carboxylic acids is 5. The number of hydrogen-bond acceptors (Lipinski definition) is 12. The van der Waals surface area contributed by atoms with Gasteiger partial charge in [0, 0.05) is 32.1 Å². The van der Waals surface area contributed by atoms with Crippen molar-refractivity contribution in [2.75, 3.05) is 17.6 Å². The van der Waals surface area contributed by atoms with Crippen molar-refractivity contribution in [1.29, 1.82) is 0 Å². The molecule has 32 heavy (non-hydrogen) atoms. The maximum absolute atomic E-state index is 12.5. The Morgan fingerprint density at radius 1 is 0.938 bits per heavy atom. The summed E-state index contributed by atoms with van der Waals surface area (Å²) in [5, 5.41) is 5.54. The normalized spacial score (nSPS) is 24.5. The second kappa shape index (κ2) is 13.1. The standard InChI is InChI=1S/C17H24IN3O11/c1-8(22)28-7-12-14(29-9(2)23)15(30-10(3)24)13(16(32-12)31-11(4)25)19-17(26)21(20-27)6-5-18/h12-16H,5-7H2,1-4H3,(H,19,26). The van der Waals surface area contributed by atoms with Crippen molar-refractivity contribution < 1.29 is 47.7 Å². The molecule has 1 N–H and O–H groups in total. The molecule has 0 spiro atoms. The number of alkyl halides is 1. The van der Waals surface area contributed by atoms with E-state index in [9.17, 15) is 28.9 Å². The molecule has 14 nitrogen and oxygen atoms in total. The average molecular weight is 573 g/mol. The van der Waals surface area contributed by atoms with Crippen LogP contribution in [0.2, 0.25) is 0 Å². The topological polar surface area (TPSA) is 176 Å². The van der Waals surface area contributed by atoms with E-state index in [0.717, 1.165) is 27.7 Å². The van der Waals surface area contributed by atoms with Crippen molar-refractivity contribution in [1.82, 2.24) is 10.3 Å². The summed E-state index contributed by atoms with van der Waals surface area (Å²) >= 11 is 1.92. The zero-order chi connectivity index (χ0) is 24.4. The summed E-state index contributed by atoms with van der Waals surface area (Å²) in [6, 6.07) is -2.41. The second-order valence-electron chi connectivity index (χ2n) is 6.47. The minimum absolute atomic E-state index is 0.0393. The number of amides is 2. The molecule has 1 saturated heterocycles. The highest BCUT2D eigenvalue weighted by Crippen LogP contribution is 2.28. The predicted octanol–water partition coefficient (Wildman–Crippen LogP) is 0.198.